The average Bonchev–Trinajstić information content (AvgIpc) is 2.49. The Morgan fingerprint density at radius 1 is 0.833 bits per heavy atom. The predicted molar refractivity (Wildman–Crippen MR) is 78.2 cm³/mol. The van der Waals surface area contributed by atoms with Gasteiger partial charge in [0, 0.05) is 0 Å². The van der Waals surface area contributed by atoms with Crippen LogP contribution in [0, 0.1) is 0 Å². The number of hydrogen-bond donors (Lipinski definition) is 0. The van der Waals surface area contributed by atoms with Crippen molar-refractivity contribution < 1.29 is 0 Å². The molecule has 0 bridgehead atoms. The lowest BCUT2D eigenvalue weighted by Gasteiger charge is -2.18. The van der Waals surface area contributed by atoms with Crippen LogP contribution in [-0.2, 0) is 0 Å². The fourth-order valence-corrected chi connectivity index (χ4v) is 2.66. The summed E-state index contributed by atoms with van der Waals surface area (Å²) in [5, 5.41) is 0. The maximum Gasteiger partial charge on any atom is -0.0187 e. The highest BCUT2D eigenvalue weighted by molar-refractivity contribution is 5.76. The first-order chi connectivity index (χ1) is 8.93. The smallest absolute Gasteiger partial charge is 0.0187 e. The van der Waals surface area contributed by atoms with Crippen LogP contribution in [-0.4, -0.2) is 0 Å². The largest absolute Gasteiger partial charge is 0.0842 e. The van der Waals surface area contributed by atoms with E-state index in [0.717, 1.165) is 6.42 Å². The van der Waals surface area contributed by atoms with Crippen LogP contribution in [0.1, 0.15) is 31.2 Å². The van der Waals surface area contributed by atoms with E-state index in [0.29, 0.717) is 0 Å². The molecule has 0 amide bonds. The lowest BCUT2D eigenvalue weighted by molar-refractivity contribution is 0.900. The van der Waals surface area contributed by atoms with Crippen molar-refractivity contribution in [2.45, 2.75) is 25.7 Å². The topological polar surface area (TPSA) is 0 Å². The van der Waals surface area contributed by atoms with Gasteiger partial charge in [-0.15, -0.1) is 0 Å². The predicted octanol–water partition coefficient (Wildman–Crippen LogP) is 5.07. The number of allylic oxidation sites excluding steroid dienone is 8. The zero-order valence-corrected chi connectivity index (χ0v) is 10.6. The fourth-order valence-electron chi connectivity index (χ4n) is 2.66. The molecule has 2 aliphatic carbocycles. The van der Waals surface area contributed by atoms with E-state index in [1.807, 2.05) is 0 Å². The minimum absolute atomic E-state index is 1.16. The summed E-state index contributed by atoms with van der Waals surface area (Å²) in [5.41, 5.74) is 5.77. The molecule has 18 heavy (non-hydrogen) atoms. The average molecular weight is 234 g/mol. The molecule has 0 unspecified atom stereocenters. The molecular formula is C18H18. The summed E-state index contributed by atoms with van der Waals surface area (Å²) in [5.74, 6) is 0. The summed E-state index contributed by atoms with van der Waals surface area (Å²) in [6.07, 6.45) is 16.2. The lowest BCUT2D eigenvalue weighted by atomic mass is 9.87. The van der Waals surface area contributed by atoms with Crippen molar-refractivity contribution in [3.8, 4) is 0 Å². The van der Waals surface area contributed by atoms with Crippen LogP contribution < -0.4 is 0 Å². The summed E-state index contributed by atoms with van der Waals surface area (Å²) >= 11 is 0. The van der Waals surface area contributed by atoms with Gasteiger partial charge in [-0.05, 0) is 48.0 Å². The second-order valence-corrected chi connectivity index (χ2v) is 4.89. The third-order valence-corrected chi connectivity index (χ3v) is 3.64. The quantitative estimate of drug-likeness (QED) is 0.670. The van der Waals surface area contributed by atoms with Crippen molar-refractivity contribution in [2.24, 2.45) is 0 Å². The number of benzene rings is 1. The molecule has 90 valence electrons. The van der Waals surface area contributed by atoms with E-state index in [1.165, 1.54) is 41.5 Å². The van der Waals surface area contributed by atoms with Crippen LogP contribution in [0.3, 0.4) is 0 Å². The Hall–Kier alpha value is -1.82. The van der Waals surface area contributed by atoms with Crippen molar-refractivity contribution in [2.75, 3.05) is 0 Å². The van der Waals surface area contributed by atoms with Gasteiger partial charge in [0.2, 0.25) is 0 Å². The van der Waals surface area contributed by atoms with Gasteiger partial charge in [-0.25, -0.2) is 0 Å². The van der Waals surface area contributed by atoms with Gasteiger partial charge in [-0.3, -0.25) is 0 Å². The lowest BCUT2D eigenvalue weighted by Crippen LogP contribution is -1.98. The Morgan fingerprint density at radius 2 is 1.67 bits per heavy atom. The van der Waals surface area contributed by atoms with Gasteiger partial charge >= 0.3 is 0 Å². The molecule has 0 heteroatoms. The van der Waals surface area contributed by atoms with Crippen molar-refractivity contribution in [1.82, 2.24) is 0 Å². The van der Waals surface area contributed by atoms with Gasteiger partial charge in [0.25, 0.3) is 0 Å². The summed E-state index contributed by atoms with van der Waals surface area (Å²) in [6.45, 7) is 0. The van der Waals surface area contributed by atoms with E-state index in [1.54, 1.807) is 0 Å². The first-order valence-corrected chi connectivity index (χ1v) is 6.76. The van der Waals surface area contributed by atoms with Crippen LogP contribution >= 0.6 is 0 Å². The molecule has 0 N–H and O–H groups in total. The van der Waals surface area contributed by atoms with E-state index in [4.69, 9.17) is 0 Å². The molecule has 1 aromatic rings. The van der Waals surface area contributed by atoms with Crippen LogP contribution in [0.15, 0.2) is 71.9 Å². The molecule has 3 rings (SSSR count). The van der Waals surface area contributed by atoms with Crippen molar-refractivity contribution >= 4 is 5.57 Å². The molecule has 0 heterocycles. The molecule has 0 spiro atoms. The molecule has 0 fully saturated rings. The molecule has 0 atom stereocenters. The summed E-state index contributed by atoms with van der Waals surface area (Å²) in [6, 6.07) is 10.7. The molecule has 0 radical (unpaired) electrons. The van der Waals surface area contributed by atoms with E-state index < -0.39 is 0 Å². The maximum absolute atomic E-state index is 2.38. The molecular weight excluding hydrogens is 216 g/mol. The highest BCUT2D eigenvalue weighted by Gasteiger charge is 2.11. The fraction of sp³-hybridized carbons (Fsp3) is 0.222. The highest BCUT2D eigenvalue weighted by atomic mass is 14.2. The van der Waals surface area contributed by atoms with E-state index in [2.05, 4.69) is 60.7 Å². The first-order valence-electron chi connectivity index (χ1n) is 6.76. The zero-order chi connectivity index (χ0) is 12.2. The van der Waals surface area contributed by atoms with Crippen LogP contribution in [0.5, 0.6) is 0 Å². The normalized spacial score (nSPS) is 19.0. The van der Waals surface area contributed by atoms with Crippen LogP contribution in [0.25, 0.3) is 5.57 Å². The third-order valence-electron chi connectivity index (χ3n) is 3.64. The van der Waals surface area contributed by atoms with Crippen molar-refractivity contribution in [1.29, 1.82) is 0 Å². The van der Waals surface area contributed by atoms with E-state index in [9.17, 15) is 0 Å². The van der Waals surface area contributed by atoms with Gasteiger partial charge in [-0.2, -0.15) is 0 Å². The van der Waals surface area contributed by atoms with Gasteiger partial charge in [0.1, 0.15) is 0 Å². The van der Waals surface area contributed by atoms with Gasteiger partial charge in [0.15, 0.2) is 0 Å². The Bertz CT molecular complexity index is 539. The summed E-state index contributed by atoms with van der Waals surface area (Å²) < 4.78 is 0. The highest BCUT2D eigenvalue weighted by Crippen LogP contribution is 2.31. The van der Waals surface area contributed by atoms with Gasteiger partial charge in [0.05, 0.1) is 0 Å². The second-order valence-electron chi connectivity index (χ2n) is 4.89. The summed E-state index contributed by atoms with van der Waals surface area (Å²) in [4.78, 5) is 0. The van der Waals surface area contributed by atoms with Gasteiger partial charge in [-0.1, -0.05) is 60.7 Å². The minimum atomic E-state index is 1.16. The Kier molecular flexibility index (Phi) is 3.27. The maximum atomic E-state index is 2.38. The summed E-state index contributed by atoms with van der Waals surface area (Å²) in [7, 11) is 0. The zero-order valence-electron chi connectivity index (χ0n) is 10.6. The molecule has 0 saturated heterocycles. The SMILES string of the molecule is C1=CCCC(C2=CC(c3ccccc3)=CCC2)=C1. The van der Waals surface area contributed by atoms with Gasteiger partial charge < -0.3 is 0 Å². The standard InChI is InChI=1S/C18H18/c1-3-8-15(9-4-1)17-12-7-13-18(14-17)16-10-5-2-6-11-16/h1-5,8-10,12,14H,6-7,11,13H2. The monoisotopic (exact) mass is 234 g/mol. The van der Waals surface area contributed by atoms with E-state index in [-0.39, 0.29) is 0 Å². The Balaban J connectivity index is 1.90. The Labute approximate surface area is 109 Å². The first kappa shape index (κ1) is 11.3. The molecule has 0 aliphatic heterocycles. The molecule has 2 aliphatic rings. The number of hydrogen-bond acceptors (Lipinski definition) is 0. The van der Waals surface area contributed by atoms with Crippen LogP contribution in [0.4, 0.5) is 0 Å². The Morgan fingerprint density at radius 3 is 2.44 bits per heavy atom. The van der Waals surface area contributed by atoms with Crippen molar-refractivity contribution in [3.63, 3.8) is 0 Å². The number of rotatable bonds is 2. The van der Waals surface area contributed by atoms with Crippen LogP contribution in [0.2, 0.25) is 0 Å². The molecule has 0 aromatic heterocycles. The third kappa shape index (κ3) is 2.38. The molecule has 0 saturated carbocycles. The van der Waals surface area contributed by atoms with E-state index >= 15 is 0 Å². The molecule has 0 nitrogen and oxygen atoms in total. The second kappa shape index (κ2) is 5.22. The van der Waals surface area contributed by atoms with Crippen molar-refractivity contribution in [3.05, 3.63) is 77.4 Å². The molecule has 1 aromatic carbocycles. The minimum Gasteiger partial charge on any atom is -0.0842 e.